The van der Waals surface area contributed by atoms with Gasteiger partial charge in [0.05, 0.1) is 11.3 Å². The van der Waals surface area contributed by atoms with E-state index < -0.39 is 17.7 Å². The summed E-state index contributed by atoms with van der Waals surface area (Å²) in [5.74, 6) is 0.261. The van der Waals surface area contributed by atoms with Crippen LogP contribution in [-0.2, 0) is 14.3 Å². The van der Waals surface area contributed by atoms with Gasteiger partial charge in [0, 0.05) is 13.5 Å². The summed E-state index contributed by atoms with van der Waals surface area (Å²) < 4.78 is 6.00. The number of ketones is 1. The number of benzene rings is 1. The zero-order chi connectivity index (χ0) is 26.7. The minimum atomic E-state index is -0.513. The second-order valence-corrected chi connectivity index (χ2v) is 10.6. The maximum absolute atomic E-state index is 13.2. The maximum Gasteiger partial charge on any atom is 0.340 e. The molecular formula is C29H45N3O4. The van der Waals surface area contributed by atoms with Crippen molar-refractivity contribution in [2.45, 2.75) is 92.6 Å². The second kappa shape index (κ2) is 14.8. The van der Waals surface area contributed by atoms with Gasteiger partial charge in [-0.2, -0.15) is 5.10 Å². The van der Waals surface area contributed by atoms with Gasteiger partial charge < -0.3 is 10.1 Å². The fourth-order valence-corrected chi connectivity index (χ4v) is 4.88. The first-order chi connectivity index (χ1) is 17.2. The summed E-state index contributed by atoms with van der Waals surface area (Å²) in [6.07, 6.45) is 7.13. The van der Waals surface area contributed by atoms with Gasteiger partial charge in [-0.05, 0) is 55.1 Å². The molecule has 2 N–H and O–H groups in total. The van der Waals surface area contributed by atoms with E-state index in [1.54, 1.807) is 24.3 Å². The molecule has 0 aromatic heterocycles. The van der Waals surface area contributed by atoms with Gasteiger partial charge in [-0.25, -0.2) is 4.79 Å². The summed E-state index contributed by atoms with van der Waals surface area (Å²) in [6, 6.07) is 6.89. The smallest absolute Gasteiger partial charge is 0.340 e. The number of hydrogen-bond acceptors (Lipinski definition) is 6. The van der Waals surface area contributed by atoms with Gasteiger partial charge in [-0.15, -0.1) is 0 Å². The van der Waals surface area contributed by atoms with Crippen LogP contribution in [0.2, 0.25) is 0 Å². The molecule has 1 aromatic carbocycles. The van der Waals surface area contributed by atoms with Crippen molar-refractivity contribution in [3.63, 3.8) is 0 Å². The summed E-state index contributed by atoms with van der Waals surface area (Å²) in [7, 11) is 0. The Hall–Kier alpha value is -2.70. The lowest BCUT2D eigenvalue weighted by Crippen LogP contribution is -2.38. The molecule has 1 saturated carbocycles. The molecule has 1 aliphatic carbocycles. The summed E-state index contributed by atoms with van der Waals surface area (Å²) >= 11 is 0. The van der Waals surface area contributed by atoms with E-state index in [0.29, 0.717) is 41.5 Å². The van der Waals surface area contributed by atoms with Crippen LogP contribution in [0.3, 0.4) is 0 Å². The monoisotopic (exact) mass is 499 g/mol. The van der Waals surface area contributed by atoms with Crippen LogP contribution in [0.25, 0.3) is 0 Å². The lowest BCUT2D eigenvalue weighted by molar-refractivity contribution is -0.117. The number of nitrogens with one attached hydrogen (secondary N) is 2. The van der Waals surface area contributed by atoms with Crippen LogP contribution in [0.5, 0.6) is 0 Å². The number of unbranched alkanes of at least 4 members (excludes halogenated alkanes) is 1. The molecule has 0 spiro atoms. The normalized spacial score (nSPS) is 21.1. The Bertz CT molecular complexity index is 912. The number of ether oxygens (including phenoxy) is 1. The van der Waals surface area contributed by atoms with Crippen molar-refractivity contribution in [3.05, 3.63) is 29.8 Å². The average Bonchev–Trinajstić information content (AvgIpc) is 2.84. The number of para-hydroxylation sites is 1. The van der Waals surface area contributed by atoms with Crippen molar-refractivity contribution in [1.82, 2.24) is 5.32 Å². The molecule has 0 radical (unpaired) electrons. The number of rotatable bonds is 13. The lowest BCUT2D eigenvalue weighted by atomic mass is 9.75. The number of esters is 1. The van der Waals surface area contributed by atoms with Crippen LogP contribution >= 0.6 is 0 Å². The second-order valence-electron chi connectivity index (χ2n) is 10.6. The molecular weight excluding hydrogens is 454 g/mol. The molecule has 1 aromatic rings. The van der Waals surface area contributed by atoms with Gasteiger partial charge in [0.25, 0.3) is 5.91 Å². The first-order valence-electron chi connectivity index (χ1n) is 13.6. The van der Waals surface area contributed by atoms with Crippen LogP contribution in [-0.4, -0.2) is 36.0 Å². The molecule has 1 fully saturated rings. The van der Waals surface area contributed by atoms with E-state index in [1.165, 1.54) is 6.92 Å². The third-order valence-electron chi connectivity index (χ3n) is 7.30. The number of Topliss-reactive ketones (excluding diaryl/α,β-unsaturated/α-hetero) is 1. The van der Waals surface area contributed by atoms with Crippen LogP contribution < -0.4 is 10.7 Å². The molecule has 36 heavy (non-hydrogen) atoms. The van der Waals surface area contributed by atoms with Crippen LogP contribution in [0.1, 0.15) is 96.8 Å². The van der Waals surface area contributed by atoms with Gasteiger partial charge in [0.1, 0.15) is 6.10 Å². The number of carbonyl (C=O) groups excluding carboxylic acids is 3. The van der Waals surface area contributed by atoms with Gasteiger partial charge in [-0.1, -0.05) is 72.4 Å². The Kier molecular flexibility index (Phi) is 12.1. The molecule has 7 heteroatoms. The molecule has 0 bridgehead atoms. The van der Waals surface area contributed by atoms with Gasteiger partial charge in [0.15, 0.2) is 11.5 Å². The fraction of sp³-hybridized carbons (Fsp3) is 0.655. The Morgan fingerprint density at radius 1 is 1.14 bits per heavy atom. The van der Waals surface area contributed by atoms with E-state index >= 15 is 0 Å². The minimum absolute atomic E-state index is 0.129. The summed E-state index contributed by atoms with van der Waals surface area (Å²) in [5, 5.41) is 6.95. The number of amides is 1. The average molecular weight is 500 g/mol. The highest BCUT2D eigenvalue weighted by molar-refractivity contribution is 6.65. The summed E-state index contributed by atoms with van der Waals surface area (Å²) in [5.41, 5.74) is 3.29. The highest BCUT2D eigenvalue weighted by Crippen LogP contribution is 2.36. The standard InChI is InChI=1S/C29H45N3O4/c1-7-9-12-22(8-2)18-30-28(34)27(21(6)33)32-31-25-14-11-10-13-24(25)29(35)36-26-17-20(5)15-16-23(26)19(3)4/h10-11,13-14,19-20,22-23,26,31H,7-9,12,15-18H2,1-6H3,(H,30,34)/b32-27-. The fourth-order valence-electron chi connectivity index (χ4n) is 4.88. The number of anilines is 1. The topological polar surface area (TPSA) is 96.9 Å². The van der Waals surface area contributed by atoms with Crippen molar-refractivity contribution >= 4 is 29.1 Å². The lowest BCUT2D eigenvalue weighted by Gasteiger charge is -2.36. The molecule has 1 amide bonds. The van der Waals surface area contributed by atoms with E-state index in [4.69, 9.17) is 4.74 Å². The Morgan fingerprint density at radius 2 is 1.86 bits per heavy atom. The first kappa shape index (κ1) is 29.5. The number of nitrogens with zero attached hydrogens (tertiary/aromatic N) is 1. The zero-order valence-corrected chi connectivity index (χ0v) is 22.9. The molecule has 4 unspecified atom stereocenters. The van der Waals surface area contributed by atoms with Crippen molar-refractivity contribution in [1.29, 1.82) is 0 Å². The third kappa shape index (κ3) is 8.75. The van der Waals surface area contributed by atoms with Crippen LogP contribution in [0.4, 0.5) is 5.69 Å². The van der Waals surface area contributed by atoms with Gasteiger partial charge >= 0.3 is 5.97 Å². The molecule has 2 rings (SSSR count). The van der Waals surface area contributed by atoms with Crippen molar-refractivity contribution in [3.8, 4) is 0 Å². The predicted octanol–water partition coefficient (Wildman–Crippen LogP) is 5.99. The Morgan fingerprint density at radius 3 is 2.50 bits per heavy atom. The van der Waals surface area contributed by atoms with Crippen molar-refractivity contribution < 1.29 is 19.1 Å². The van der Waals surface area contributed by atoms with Gasteiger partial charge in [0.2, 0.25) is 0 Å². The predicted molar refractivity (Wildman–Crippen MR) is 145 cm³/mol. The highest BCUT2D eigenvalue weighted by Gasteiger charge is 2.34. The van der Waals surface area contributed by atoms with E-state index in [9.17, 15) is 14.4 Å². The molecule has 1 aliphatic rings. The van der Waals surface area contributed by atoms with E-state index in [-0.39, 0.29) is 11.8 Å². The maximum atomic E-state index is 13.2. The SMILES string of the molecule is CCCCC(CC)CNC(=O)/C(=N\Nc1ccccc1C(=O)OC1CC(C)CCC1C(C)C)C(C)=O. The molecule has 200 valence electrons. The third-order valence-corrected chi connectivity index (χ3v) is 7.30. The van der Waals surface area contributed by atoms with Crippen molar-refractivity contribution in [2.24, 2.45) is 28.8 Å². The van der Waals surface area contributed by atoms with E-state index in [2.05, 4.69) is 50.5 Å². The molecule has 4 atom stereocenters. The Labute approximate surface area is 216 Å². The van der Waals surface area contributed by atoms with E-state index in [1.807, 2.05) is 0 Å². The molecule has 0 heterocycles. The summed E-state index contributed by atoms with van der Waals surface area (Å²) in [4.78, 5) is 38.1. The van der Waals surface area contributed by atoms with Crippen molar-refractivity contribution in [2.75, 3.05) is 12.0 Å². The molecule has 0 aliphatic heterocycles. The number of hydrazone groups is 1. The zero-order valence-electron chi connectivity index (χ0n) is 22.9. The largest absolute Gasteiger partial charge is 0.458 e. The number of hydrogen-bond donors (Lipinski definition) is 2. The Balaban J connectivity index is 2.13. The quantitative estimate of drug-likeness (QED) is 0.150. The molecule has 7 nitrogen and oxygen atoms in total. The van der Waals surface area contributed by atoms with Gasteiger partial charge in [-0.3, -0.25) is 15.0 Å². The highest BCUT2D eigenvalue weighted by atomic mass is 16.5. The van der Waals surface area contributed by atoms with Crippen LogP contribution in [0, 0.1) is 23.7 Å². The van der Waals surface area contributed by atoms with Crippen LogP contribution in [0.15, 0.2) is 29.4 Å². The molecule has 0 saturated heterocycles. The van der Waals surface area contributed by atoms with E-state index in [0.717, 1.165) is 44.9 Å². The minimum Gasteiger partial charge on any atom is -0.458 e. The number of carbonyl (C=O) groups is 3. The summed E-state index contributed by atoms with van der Waals surface area (Å²) in [6.45, 7) is 12.6. The first-order valence-corrected chi connectivity index (χ1v) is 13.6.